The number of para-hydroxylation sites is 1. The van der Waals surface area contributed by atoms with E-state index in [1.165, 1.54) is 50.1 Å². The van der Waals surface area contributed by atoms with Gasteiger partial charge >= 0.3 is 0 Å². The number of anilines is 2. The Morgan fingerprint density at radius 2 is 1.17 bits per heavy atom. The standard InChI is InChI=1S/C34H27N/c1-34(2)31-15-9-8-13-27(31)28-18-16-22(20-32(28)34)33-29-14-7-6-12-25(29)26-19-17-24(21-30(26)33)35-23-10-4-3-5-11-23/h3-21,33,35H,1-2H3. The van der Waals surface area contributed by atoms with Crippen molar-refractivity contribution in [3.8, 4) is 22.3 Å². The highest BCUT2D eigenvalue weighted by Gasteiger charge is 2.37. The van der Waals surface area contributed by atoms with Crippen molar-refractivity contribution in [2.24, 2.45) is 0 Å². The summed E-state index contributed by atoms with van der Waals surface area (Å²) in [7, 11) is 0. The molecule has 1 N–H and O–H groups in total. The van der Waals surface area contributed by atoms with Crippen molar-refractivity contribution in [2.45, 2.75) is 25.2 Å². The summed E-state index contributed by atoms with van der Waals surface area (Å²) in [5.41, 5.74) is 14.7. The van der Waals surface area contributed by atoms with Crippen LogP contribution in [0.3, 0.4) is 0 Å². The van der Waals surface area contributed by atoms with E-state index in [1.54, 1.807) is 0 Å². The van der Waals surface area contributed by atoms with E-state index >= 15 is 0 Å². The molecular formula is C34H27N. The van der Waals surface area contributed by atoms with E-state index in [0.29, 0.717) is 0 Å². The summed E-state index contributed by atoms with van der Waals surface area (Å²) in [6, 6.07) is 42.2. The lowest BCUT2D eigenvalue weighted by Crippen LogP contribution is -2.15. The molecule has 168 valence electrons. The molecule has 0 aromatic heterocycles. The topological polar surface area (TPSA) is 12.0 Å². The van der Waals surface area contributed by atoms with Crippen LogP contribution in [0.5, 0.6) is 0 Å². The van der Waals surface area contributed by atoms with Gasteiger partial charge in [0.1, 0.15) is 0 Å². The molecule has 0 radical (unpaired) electrons. The van der Waals surface area contributed by atoms with Gasteiger partial charge in [0.25, 0.3) is 0 Å². The molecule has 7 rings (SSSR count). The first kappa shape index (κ1) is 20.3. The molecule has 0 heterocycles. The van der Waals surface area contributed by atoms with Crippen molar-refractivity contribution in [3.05, 3.63) is 143 Å². The van der Waals surface area contributed by atoms with Crippen molar-refractivity contribution in [2.75, 3.05) is 5.32 Å². The normalized spacial score (nSPS) is 16.2. The van der Waals surface area contributed by atoms with E-state index in [1.807, 2.05) is 6.07 Å². The second-order valence-corrected chi connectivity index (χ2v) is 10.3. The highest BCUT2D eigenvalue weighted by molar-refractivity contribution is 5.85. The quantitative estimate of drug-likeness (QED) is 0.284. The molecule has 0 bridgehead atoms. The van der Waals surface area contributed by atoms with Crippen LogP contribution >= 0.6 is 0 Å². The molecule has 1 unspecified atom stereocenters. The first-order valence-corrected chi connectivity index (χ1v) is 12.4. The molecular weight excluding hydrogens is 422 g/mol. The van der Waals surface area contributed by atoms with E-state index in [9.17, 15) is 0 Å². The zero-order valence-electron chi connectivity index (χ0n) is 20.0. The predicted molar refractivity (Wildman–Crippen MR) is 147 cm³/mol. The number of hydrogen-bond donors (Lipinski definition) is 1. The third-order valence-corrected chi connectivity index (χ3v) is 7.93. The van der Waals surface area contributed by atoms with Crippen molar-refractivity contribution in [1.29, 1.82) is 0 Å². The molecule has 0 saturated carbocycles. The fourth-order valence-corrected chi connectivity index (χ4v) is 6.23. The second kappa shape index (κ2) is 7.45. The lowest BCUT2D eigenvalue weighted by atomic mass is 9.80. The maximum Gasteiger partial charge on any atom is 0.0387 e. The largest absolute Gasteiger partial charge is 0.356 e. The van der Waals surface area contributed by atoms with Gasteiger partial charge in [0.2, 0.25) is 0 Å². The Bertz CT molecular complexity index is 1590. The Balaban J connectivity index is 1.37. The molecule has 2 aliphatic carbocycles. The minimum Gasteiger partial charge on any atom is -0.356 e. The maximum absolute atomic E-state index is 3.60. The van der Waals surface area contributed by atoms with Crippen LogP contribution in [0.2, 0.25) is 0 Å². The lowest BCUT2D eigenvalue weighted by Gasteiger charge is -2.23. The van der Waals surface area contributed by atoms with Crippen LogP contribution in [0.4, 0.5) is 11.4 Å². The first-order valence-electron chi connectivity index (χ1n) is 12.4. The number of hydrogen-bond acceptors (Lipinski definition) is 1. The van der Waals surface area contributed by atoms with E-state index < -0.39 is 0 Å². The molecule has 1 atom stereocenters. The van der Waals surface area contributed by atoms with Crippen molar-refractivity contribution >= 4 is 11.4 Å². The number of rotatable bonds is 3. The smallest absolute Gasteiger partial charge is 0.0387 e. The molecule has 0 fully saturated rings. The predicted octanol–water partition coefficient (Wildman–Crippen LogP) is 8.90. The van der Waals surface area contributed by atoms with Gasteiger partial charge in [-0.1, -0.05) is 105 Å². The summed E-state index contributed by atoms with van der Waals surface area (Å²) < 4.78 is 0. The molecule has 5 aromatic rings. The molecule has 35 heavy (non-hydrogen) atoms. The van der Waals surface area contributed by atoms with Gasteiger partial charge in [0, 0.05) is 22.7 Å². The summed E-state index contributed by atoms with van der Waals surface area (Å²) in [5, 5.41) is 3.60. The Morgan fingerprint density at radius 3 is 2.03 bits per heavy atom. The molecule has 1 nitrogen and oxygen atoms in total. The number of fused-ring (bicyclic) bond motifs is 6. The van der Waals surface area contributed by atoms with E-state index in [4.69, 9.17) is 0 Å². The summed E-state index contributed by atoms with van der Waals surface area (Å²) in [6.07, 6.45) is 0. The van der Waals surface area contributed by atoms with Gasteiger partial charge in [-0.15, -0.1) is 0 Å². The molecule has 2 aliphatic rings. The molecule has 0 amide bonds. The molecule has 1 heteroatoms. The Hall–Kier alpha value is -4.10. The third kappa shape index (κ3) is 3.01. The minimum absolute atomic E-state index is 0.000395. The van der Waals surface area contributed by atoms with Crippen molar-refractivity contribution < 1.29 is 0 Å². The van der Waals surface area contributed by atoms with Crippen LogP contribution in [0.25, 0.3) is 22.3 Å². The average Bonchev–Trinajstić information content (AvgIpc) is 3.33. The number of benzene rings is 5. The van der Waals surface area contributed by atoms with Gasteiger partial charge < -0.3 is 5.32 Å². The maximum atomic E-state index is 3.60. The van der Waals surface area contributed by atoms with E-state index in [2.05, 4.69) is 128 Å². The van der Waals surface area contributed by atoms with Gasteiger partial charge in [-0.25, -0.2) is 0 Å². The Labute approximate surface area is 207 Å². The van der Waals surface area contributed by atoms with Crippen LogP contribution in [0, 0.1) is 0 Å². The highest BCUT2D eigenvalue weighted by Crippen LogP contribution is 2.53. The van der Waals surface area contributed by atoms with E-state index in [-0.39, 0.29) is 11.3 Å². The summed E-state index contributed by atoms with van der Waals surface area (Å²) in [6.45, 7) is 4.72. The van der Waals surface area contributed by atoms with Gasteiger partial charge in [-0.2, -0.15) is 0 Å². The minimum atomic E-state index is -0.000395. The summed E-state index contributed by atoms with van der Waals surface area (Å²) >= 11 is 0. The van der Waals surface area contributed by atoms with Crippen LogP contribution in [0.15, 0.2) is 115 Å². The van der Waals surface area contributed by atoms with Gasteiger partial charge in [0.05, 0.1) is 0 Å². The Morgan fingerprint density at radius 1 is 0.514 bits per heavy atom. The first-order chi connectivity index (χ1) is 17.1. The fraction of sp³-hybridized carbons (Fsp3) is 0.118. The third-order valence-electron chi connectivity index (χ3n) is 7.93. The van der Waals surface area contributed by atoms with Crippen molar-refractivity contribution in [3.63, 3.8) is 0 Å². The van der Waals surface area contributed by atoms with Gasteiger partial charge in [-0.3, -0.25) is 0 Å². The molecule has 0 spiro atoms. The fourth-order valence-electron chi connectivity index (χ4n) is 6.23. The number of nitrogens with one attached hydrogen (secondary N) is 1. The zero-order valence-corrected chi connectivity index (χ0v) is 20.0. The molecule has 0 aliphatic heterocycles. The molecule has 5 aromatic carbocycles. The Kier molecular flexibility index (Phi) is 4.32. The van der Waals surface area contributed by atoms with E-state index in [0.717, 1.165) is 11.4 Å². The molecule has 0 saturated heterocycles. The van der Waals surface area contributed by atoms with Crippen LogP contribution < -0.4 is 5.32 Å². The summed E-state index contributed by atoms with van der Waals surface area (Å²) in [4.78, 5) is 0. The van der Waals surface area contributed by atoms with Crippen LogP contribution in [-0.4, -0.2) is 0 Å². The second-order valence-electron chi connectivity index (χ2n) is 10.3. The SMILES string of the molecule is CC1(C)c2ccccc2-c2ccc(C3c4ccccc4-c4ccc(Nc5ccccc5)cc43)cc21. The van der Waals surface area contributed by atoms with Gasteiger partial charge in [-0.05, 0) is 74.3 Å². The van der Waals surface area contributed by atoms with Gasteiger partial charge in [0.15, 0.2) is 0 Å². The summed E-state index contributed by atoms with van der Waals surface area (Å²) in [5.74, 6) is 0.225. The zero-order chi connectivity index (χ0) is 23.6. The average molecular weight is 450 g/mol. The van der Waals surface area contributed by atoms with Crippen LogP contribution in [-0.2, 0) is 5.41 Å². The van der Waals surface area contributed by atoms with Crippen molar-refractivity contribution in [1.82, 2.24) is 0 Å². The lowest BCUT2D eigenvalue weighted by molar-refractivity contribution is 0.659. The van der Waals surface area contributed by atoms with Crippen LogP contribution in [0.1, 0.15) is 47.6 Å². The highest BCUT2D eigenvalue weighted by atomic mass is 14.9. The monoisotopic (exact) mass is 449 g/mol.